The Morgan fingerprint density at radius 3 is 1.58 bits per heavy atom. The number of aryl methyl sites for hydroxylation is 2. The van der Waals surface area contributed by atoms with Gasteiger partial charge < -0.3 is 20.8 Å². The molecule has 2 aliphatic carbocycles. The van der Waals surface area contributed by atoms with Gasteiger partial charge in [-0.05, 0) is 77.3 Å². The quantitative estimate of drug-likeness (QED) is 0.409. The van der Waals surface area contributed by atoms with Crippen molar-refractivity contribution in [3.05, 3.63) is 46.8 Å². The molecule has 0 bridgehead atoms. The minimum absolute atomic E-state index is 0.116. The zero-order valence-electron chi connectivity index (χ0n) is 22.1. The van der Waals surface area contributed by atoms with Crippen LogP contribution in [0.1, 0.15) is 99.6 Å². The molecule has 6 unspecified atom stereocenters. The number of hydrogen-bond acceptors (Lipinski definition) is 7. The summed E-state index contributed by atoms with van der Waals surface area (Å²) in [5.41, 5.74) is 3.58. The molecular formula is C29H42N4O3. The number of nitrogens with one attached hydrogen (secondary N) is 2. The van der Waals surface area contributed by atoms with Crippen molar-refractivity contribution < 1.29 is 15.0 Å². The van der Waals surface area contributed by atoms with E-state index >= 15 is 0 Å². The third-order valence-electron chi connectivity index (χ3n) is 7.89. The van der Waals surface area contributed by atoms with Crippen molar-refractivity contribution in [3.8, 4) is 0 Å². The van der Waals surface area contributed by atoms with Gasteiger partial charge in [-0.2, -0.15) is 0 Å². The van der Waals surface area contributed by atoms with E-state index in [4.69, 9.17) is 9.97 Å². The number of Topliss-reactive ketones (excluding diaryl/α,β-unsaturated/α-hetero) is 1. The van der Waals surface area contributed by atoms with Gasteiger partial charge in [0, 0.05) is 46.4 Å². The highest BCUT2D eigenvalue weighted by Gasteiger charge is 2.30. The Bertz CT molecular complexity index is 977. The maximum atomic E-state index is 13.8. The summed E-state index contributed by atoms with van der Waals surface area (Å²) < 4.78 is 0. The van der Waals surface area contributed by atoms with Crippen molar-refractivity contribution in [1.82, 2.24) is 9.97 Å². The van der Waals surface area contributed by atoms with Gasteiger partial charge in [0.2, 0.25) is 0 Å². The van der Waals surface area contributed by atoms with Crippen LogP contribution >= 0.6 is 0 Å². The van der Waals surface area contributed by atoms with Crippen LogP contribution in [0.25, 0.3) is 0 Å². The largest absolute Gasteiger partial charge is 0.393 e. The van der Waals surface area contributed by atoms with Gasteiger partial charge in [-0.3, -0.25) is 4.79 Å². The van der Waals surface area contributed by atoms with Crippen LogP contribution in [0.2, 0.25) is 0 Å². The van der Waals surface area contributed by atoms with Crippen molar-refractivity contribution >= 4 is 17.4 Å². The van der Waals surface area contributed by atoms with Crippen molar-refractivity contribution in [1.29, 1.82) is 0 Å². The minimum atomic E-state index is -0.352. The first-order chi connectivity index (χ1) is 17.2. The lowest BCUT2D eigenvalue weighted by atomic mass is 9.85. The number of aliphatic hydroxyl groups is 2. The number of ketones is 1. The maximum Gasteiger partial charge on any atom is 0.147 e. The Kier molecular flexibility index (Phi) is 8.62. The summed E-state index contributed by atoms with van der Waals surface area (Å²) >= 11 is 0. The molecule has 0 aromatic carbocycles. The number of anilines is 2. The Morgan fingerprint density at radius 2 is 1.19 bits per heavy atom. The molecule has 0 aliphatic heterocycles. The van der Waals surface area contributed by atoms with Crippen LogP contribution in [0.3, 0.4) is 0 Å². The predicted molar refractivity (Wildman–Crippen MR) is 144 cm³/mol. The summed E-state index contributed by atoms with van der Waals surface area (Å²) in [7, 11) is 0. The van der Waals surface area contributed by atoms with Gasteiger partial charge in [0.15, 0.2) is 0 Å². The lowest BCUT2D eigenvalue weighted by molar-refractivity contribution is -0.121. The Hall–Kier alpha value is -2.51. The van der Waals surface area contributed by atoms with E-state index in [2.05, 4.69) is 10.6 Å². The Labute approximate surface area is 215 Å². The topological polar surface area (TPSA) is 107 Å². The fourth-order valence-electron chi connectivity index (χ4n) is 5.72. The number of pyridine rings is 2. The normalized spacial score (nSPS) is 26.2. The van der Waals surface area contributed by atoms with Gasteiger partial charge in [0.25, 0.3) is 0 Å². The van der Waals surface area contributed by atoms with E-state index in [-0.39, 0.29) is 41.9 Å². The zero-order valence-corrected chi connectivity index (χ0v) is 22.1. The molecule has 196 valence electrons. The average molecular weight is 495 g/mol. The first-order valence-corrected chi connectivity index (χ1v) is 13.6. The Balaban J connectivity index is 1.55. The summed E-state index contributed by atoms with van der Waals surface area (Å²) in [5, 5.41) is 27.3. The molecule has 0 amide bonds. The van der Waals surface area contributed by atoms with E-state index in [0.717, 1.165) is 72.7 Å². The maximum absolute atomic E-state index is 13.8. The second-order valence-corrected chi connectivity index (χ2v) is 11.0. The summed E-state index contributed by atoms with van der Waals surface area (Å²) in [4.78, 5) is 23.3. The molecule has 36 heavy (non-hydrogen) atoms. The van der Waals surface area contributed by atoms with E-state index in [0.29, 0.717) is 12.8 Å². The minimum Gasteiger partial charge on any atom is -0.393 e. The first kappa shape index (κ1) is 26.6. The fourth-order valence-corrected chi connectivity index (χ4v) is 5.72. The van der Waals surface area contributed by atoms with Crippen LogP contribution in [-0.4, -0.2) is 50.3 Å². The van der Waals surface area contributed by atoms with Crippen molar-refractivity contribution in [3.63, 3.8) is 0 Å². The lowest BCUT2D eigenvalue weighted by Crippen LogP contribution is -2.31. The summed E-state index contributed by atoms with van der Waals surface area (Å²) in [6.45, 7) is 7.83. The average Bonchev–Trinajstić information content (AvgIpc) is 2.83. The summed E-state index contributed by atoms with van der Waals surface area (Å²) in [6.07, 6.45) is 6.48. The van der Waals surface area contributed by atoms with Crippen LogP contribution in [-0.2, 0) is 4.79 Å². The van der Waals surface area contributed by atoms with Crippen LogP contribution in [0.15, 0.2) is 24.3 Å². The molecule has 2 saturated carbocycles. The molecule has 4 N–H and O–H groups in total. The SMILES string of the molecule is Cc1ccc(C(C)C(=O)C(C)c2ccc(C)nc2NC2CCCC(O)C2)c(NC2CCCC(O)C2)n1. The van der Waals surface area contributed by atoms with E-state index in [1.165, 1.54) is 0 Å². The molecule has 6 atom stereocenters. The summed E-state index contributed by atoms with van der Waals surface area (Å²) in [6, 6.07) is 8.25. The number of aliphatic hydroxyl groups excluding tert-OH is 2. The number of carbonyl (C=O) groups is 1. The number of hydrogen-bond donors (Lipinski definition) is 4. The van der Waals surface area contributed by atoms with Gasteiger partial charge in [-0.15, -0.1) is 0 Å². The van der Waals surface area contributed by atoms with Crippen LogP contribution < -0.4 is 10.6 Å². The molecule has 2 aromatic rings. The fraction of sp³-hybridized carbons (Fsp3) is 0.621. The molecule has 0 saturated heterocycles. The third kappa shape index (κ3) is 6.43. The van der Waals surface area contributed by atoms with Crippen molar-refractivity contribution in [2.24, 2.45) is 0 Å². The Morgan fingerprint density at radius 1 is 0.778 bits per heavy atom. The lowest BCUT2D eigenvalue weighted by Gasteiger charge is -2.29. The first-order valence-electron chi connectivity index (χ1n) is 13.6. The standard InChI is InChI=1S/C29H42N4O3/c1-17-11-13-25(28(30-17)32-21-7-5-9-23(34)15-21)19(3)27(36)20(4)26-14-12-18(2)31-29(26)33-22-8-6-10-24(35)16-22/h11-14,19-24,34-35H,5-10,15-16H2,1-4H3,(H,30,32)(H,31,33). The predicted octanol–water partition coefficient (Wildman–Crippen LogP) is 5.00. The van der Waals surface area contributed by atoms with Crippen molar-refractivity contribution in [2.45, 2.75) is 115 Å². The molecule has 2 aliphatic rings. The van der Waals surface area contributed by atoms with Gasteiger partial charge in [0.1, 0.15) is 17.4 Å². The monoisotopic (exact) mass is 494 g/mol. The molecule has 7 nitrogen and oxygen atoms in total. The van der Waals surface area contributed by atoms with E-state index in [1.807, 2.05) is 52.0 Å². The molecule has 2 aromatic heterocycles. The smallest absolute Gasteiger partial charge is 0.147 e. The van der Waals surface area contributed by atoms with Crippen LogP contribution in [0, 0.1) is 13.8 Å². The van der Waals surface area contributed by atoms with Gasteiger partial charge in [-0.25, -0.2) is 9.97 Å². The number of carbonyl (C=O) groups excluding carboxylic acids is 1. The van der Waals surface area contributed by atoms with E-state index in [9.17, 15) is 15.0 Å². The molecule has 2 fully saturated rings. The van der Waals surface area contributed by atoms with Crippen LogP contribution in [0.5, 0.6) is 0 Å². The van der Waals surface area contributed by atoms with E-state index in [1.54, 1.807) is 0 Å². The molecular weight excluding hydrogens is 452 g/mol. The van der Waals surface area contributed by atoms with Gasteiger partial charge in [0.05, 0.1) is 12.2 Å². The third-order valence-corrected chi connectivity index (χ3v) is 7.89. The second-order valence-electron chi connectivity index (χ2n) is 11.0. The second kappa shape index (κ2) is 11.7. The molecule has 4 rings (SSSR count). The zero-order chi connectivity index (χ0) is 25.8. The van der Waals surface area contributed by atoms with Crippen molar-refractivity contribution in [2.75, 3.05) is 10.6 Å². The highest BCUT2D eigenvalue weighted by molar-refractivity contribution is 5.93. The molecule has 7 heteroatoms. The number of nitrogens with zero attached hydrogens (tertiary/aromatic N) is 2. The molecule has 0 radical (unpaired) electrons. The van der Waals surface area contributed by atoms with E-state index < -0.39 is 0 Å². The number of aromatic nitrogens is 2. The highest BCUT2D eigenvalue weighted by atomic mass is 16.3. The summed E-state index contributed by atoms with van der Waals surface area (Å²) in [5.74, 6) is 0.909. The molecule has 0 spiro atoms. The van der Waals surface area contributed by atoms with Gasteiger partial charge >= 0.3 is 0 Å². The van der Waals surface area contributed by atoms with Crippen LogP contribution in [0.4, 0.5) is 11.6 Å². The van der Waals surface area contributed by atoms with Gasteiger partial charge in [-0.1, -0.05) is 26.0 Å². The number of rotatable bonds is 8. The molecule has 2 heterocycles. The highest BCUT2D eigenvalue weighted by Crippen LogP contribution is 2.34.